The largest absolute Gasteiger partial charge is 0.465 e. The van der Waals surface area contributed by atoms with Crippen LogP contribution in [0.3, 0.4) is 0 Å². The molecule has 2 heterocycles. The van der Waals surface area contributed by atoms with Gasteiger partial charge >= 0.3 is 11.9 Å². The van der Waals surface area contributed by atoms with E-state index in [1.165, 1.54) is 11.1 Å². The van der Waals surface area contributed by atoms with E-state index in [9.17, 15) is 9.59 Å². The zero-order valence-corrected chi connectivity index (χ0v) is 20.6. The highest BCUT2D eigenvalue weighted by molar-refractivity contribution is 5.84. The number of esters is 2. The Balaban J connectivity index is 1.12. The third-order valence-corrected chi connectivity index (χ3v) is 7.21. The van der Waals surface area contributed by atoms with E-state index in [0.717, 1.165) is 64.2 Å². The smallest absolute Gasteiger partial charge is 0.312 e. The Morgan fingerprint density at radius 3 is 1.49 bits per heavy atom. The summed E-state index contributed by atoms with van der Waals surface area (Å²) in [6.07, 6.45) is 9.08. The molecule has 0 amide bonds. The normalized spacial score (nSPS) is 22.7. The lowest BCUT2D eigenvalue weighted by Gasteiger charge is -2.25. The summed E-state index contributed by atoms with van der Waals surface area (Å²) in [6, 6.07) is 20.8. The monoisotopic (exact) mass is 478 g/mol. The molecule has 2 fully saturated rings. The van der Waals surface area contributed by atoms with E-state index in [2.05, 4.69) is 48.5 Å². The zero-order valence-electron chi connectivity index (χ0n) is 20.6. The Kier molecular flexibility index (Phi) is 9.76. The second kappa shape index (κ2) is 13.4. The molecule has 5 heteroatoms. The van der Waals surface area contributed by atoms with Crippen LogP contribution in [0.1, 0.15) is 62.5 Å². The van der Waals surface area contributed by atoms with Crippen molar-refractivity contribution in [3.8, 4) is 0 Å². The number of fused-ring (bicyclic) bond motifs is 2. The number of unbranched alkanes of at least 4 members (excludes halogenated alkanes) is 4. The first-order valence-corrected chi connectivity index (χ1v) is 13.3. The van der Waals surface area contributed by atoms with E-state index in [0.29, 0.717) is 13.2 Å². The first-order chi connectivity index (χ1) is 17.2. The van der Waals surface area contributed by atoms with Gasteiger partial charge in [0.25, 0.3) is 0 Å². The van der Waals surface area contributed by atoms with Crippen LogP contribution in [0.2, 0.25) is 0 Å². The Morgan fingerprint density at radius 1 is 0.629 bits per heavy atom. The van der Waals surface area contributed by atoms with Crippen LogP contribution in [0.25, 0.3) is 0 Å². The van der Waals surface area contributed by atoms with Crippen LogP contribution >= 0.6 is 0 Å². The van der Waals surface area contributed by atoms with Crippen molar-refractivity contribution in [2.24, 2.45) is 11.8 Å². The van der Waals surface area contributed by atoms with Crippen molar-refractivity contribution >= 4 is 11.9 Å². The highest BCUT2D eigenvalue weighted by Gasteiger charge is 2.56. The van der Waals surface area contributed by atoms with Crippen LogP contribution in [0.5, 0.6) is 0 Å². The van der Waals surface area contributed by atoms with Gasteiger partial charge in [-0.15, -0.1) is 0 Å². The highest BCUT2D eigenvalue weighted by atomic mass is 16.6. The standard InChI is InChI=1S/C30H38O5/c31-29(33-21-11-3-9-17-23-13-5-1-6-14-23)27-25-19-20-26(35-25)28(27)30(32)34-22-12-4-10-18-24-15-7-2-8-16-24/h1-2,5-8,13-16,25-28H,3-4,9-12,17-22H2. The number of rotatable bonds is 14. The van der Waals surface area contributed by atoms with Crippen molar-refractivity contribution in [3.63, 3.8) is 0 Å². The summed E-state index contributed by atoms with van der Waals surface area (Å²) in [5.74, 6) is -1.65. The molecule has 2 saturated heterocycles. The lowest BCUT2D eigenvalue weighted by molar-refractivity contribution is -0.161. The van der Waals surface area contributed by atoms with Crippen molar-refractivity contribution in [3.05, 3.63) is 71.8 Å². The van der Waals surface area contributed by atoms with E-state index in [1.807, 2.05) is 12.1 Å². The van der Waals surface area contributed by atoms with Crippen LogP contribution < -0.4 is 0 Å². The molecule has 4 atom stereocenters. The van der Waals surface area contributed by atoms with Crippen molar-refractivity contribution < 1.29 is 23.8 Å². The van der Waals surface area contributed by atoms with Gasteiger partial charge in [0.05, 0.1) is 37.3 Å². The highest BCUT2D eigenvalue weighted by Crippen LogP contribution is 2.44. The molecule has 188 valence electrons. The summed E-state index contributed by atoms with van der Waals surface area (Å²) >= 11 is 0. The molecule has 4 unspecified atom stereocenters. The maximum Gasteiger partial charge on any atom is 0.312 e. The first kappa shape index (κ1) is 25.4. The van der Waals surface area contributed by atoms with E-state index >= 15 is 0 Å². The van der Waals surface area contributed by atoms with Gasteiger partial charge in [0.2, 0.25) is 0 Å². The number of benzene rings is 2. The fourth-order valence-electron chi connectivity index (χ4n) is 5.32. The summed E-state index contributed by atoms with van der Waals surface area (Å²) in [6.45, 7) is 0.787. The van der Waals surface area contributed by atoms with Gasteiger partial charge < -0.3 is 14.2 Å². The Hall–Kier alpha value is -2.66. The number of carbonyl (C=O) groups is 2. The number of aryl methyl sites for hydroxylation is 2. The first-order valence-electron chi connectivity index (χ1n) is 13.3. The predicted molar refractivity (Wildman–Crippen MR) is 135 cm³/mol. The van der Waals surface area contributed by atoms with Crippen LogP contribution in [0.15, 0.2) is 60.7 Å². The average molecular weight is 479 g/mol. The lowest BCUT2D eigenvalue weighted by atomic mass is 9.79. The van der Waals surface area contributed by atoms with Crippen LogP contribution in [-0.4, -0.2) is 37.4 Å². The molecular weight excluding hydrogens is 440 g/mol. The topological polar surface area (TPSA) is 61.8 Å². The molecule has 0 spiro atoms. The quantitative estimate of drug-likeness (QED) is 0.258. The van der Waals surface area contributed by atoms with Gasteiger partial charge in [-0.1, -0.05) is 60.7 Å². The summed E-state index contributed by atoms with van der Waals surface area (Å²) in [4.78, 5) is 25.7. The molecule has 5 nitrogen and oxygen atoms in total. The lowest BCUT2D eigenvalue weighted by Crippen LogP contribution is -2.40. The van der Waals surface area contributed by atoms with Gasteiger partial charge in [-0.2, -0.15) is 0 Å². The fraction of sp³-hybridized carbons (Fsp3) is 0.533. The molecule has 2 bridgehead atoms. The van der Waals surface area contributed by atoms with E-state index in [4.69, 9.17) is 14.2 Å². The van der Waals surface area contributed by atoms with Gasteiger partial charge in [0.15, 0.2) is 0 Å². The molecule has 0 saturated carbocycles. The molecule has 2 aliphatic rings. The van der Waals surface area contributed by atoms with Gasteiger partial charge in [0.1, 0.15) is 0 Å². The molecule has 2 aromatic carbocycles. The molecule has 2 aliphatic heterocycles. The van der Waals surface area contributed by atoms with Crippen molar-refractivity contribution in [1.82, 2.24) is 0 Å². The van der Waals surface area contributed by atoms with Crippen molar-refractivity contribution in [2.45, 2.75) is 76.4 Å². The number of hydrogen-bond donors (Lipinski definition) is 0. The molecule has 0 aliphatic carbocycles. The third-order valence-electron chi connectivity index (χ3n) is 7.21. The maximum atomic E-state index is 12.8. The number of carbonyl (C=O) groups excluding carboxylic acids is 2. The molecule has 0 radical (unpaired) electrons. The Morgan fingerprint density at radius 2 is 1.06 bits per heavy atom. The van der Waals surface area contributed by atoms with Crippen molar-refractivity contribution in [1.29, 1.82) is 0 Å². The molecule has 0 aromatic heterocycles. The van der Waals surface area contributed by atoms with E-state index in [1.54, 1.807) is 0 Å². The summed E-state index contributed by atoms with van der Waals surface area (Å²) in [5.41, 5.74) is 2.67. The SMILES string of the molecule is O=C(OCCCCCc1ccccc1)C1C2CCC(O2)C1C(=O)OCCCCCc1ccccc1. The Bertz CT molecular complexity index is 837. The molecule has 35 heavy (non-hydrogen) atoms. The van der Waals surface area contributed by atoms with Gasteiger partial charge in [-0.3, -0.25) is 9.59 Å². The van der Waals surface area contributed by atoms with E-state index < -0.39 is 11.8 Å². The fourth-order valence-corrected chi connectivity index (χ4v) is 5.32. The van der Waals surface area contributed by atoms with Gasteiger partial charge in [-0.05, 0) is 75.3 Å². The summed E-state index contributed by atoms with van der Waals surface area (Å²) < 4.78 is 17.1. The van der Waals surface area contributed by atoms with Crippen LogP contribution in [0, 0.1) is 11.8 Å². The molecular formula is C30H38O5. The Labute approximate surface area is 209 Å². The van der Waals surface area contributed by atoms with Crippen LogP contribution in [0.4, 0.5) is 0 Å². The summed E-state index contributed by atoms with van der Waals surface area (Å²) in [7, 11) is 0. The minimum Gasteiger partial charge on any atom is -0.465 e. The van der Waals surface area contributed by atoms with Crippen LogP contribution in [-0.2, 0) is 36.6 Å². The van der Waals surface area contributed by atoms with Gasteiger partial charge in [0, 0.05) is 0 Å². The number of hydrogen-bond acceptors (Lipinski definition) is 5. The maximum absolute atomic E-state index is 12.8. The van der Waals surface area contributed by atoms with Gasteiger partial charge in [-0.25, -0.2) is 0 Å². The molecule has 2 aromatic rings. The zero-order chi connectivity index (χ0) is 24.3. The van der Waals surface area contributed by atoms with E-state index in [-0.39, 0.29) is 24.1 Å². The second-order valence-corrected chi connectivity index (χ2v) is 9.77. The van der Waals surface area contributed by atoms with Crippen molar-refractivity contribution in [2.75, 3.05) is 13.2 Å². The second-order valence-electron chi connectivity index (χ2n) is 9.77. The summed E-state index contributed by atoms with van der Waals surface area (Å²) in [5, 5.41) is 0. The molecule has 4 rings (SSSR count). The third kappa shape index (κ3) is 7.41. The predicted octanol–water partition coefficient (Wildman–Crippen LogP) is 5.69. The molecule has 0 N–H and O–H groups in total. The minimum absolute atomic E-state index is 0.214. The average Bonchev–Trinajstić information content (AvgIpc) is 3.51. The number of ether oxygens (including phenoxy) is 3. The minimum atomic E-state index is -0.524.